The molecule has 2 aromatic rings. The van der Waals surface area contributed by atoms with Crippen molar-refractivity contribution in [2.24, 2.45) is 0 Å². The third-order valence-electron chi connectivity index (χ3n) is 5.97. The van der Waals surface area contributed by atoms with Crippen LogP contribution in [0.15, 0.2) is 48.5 Å². The molecule has 2 unspecified atom stereocenters. The van der Waals surface area contributed by atoms with E-state index in [4.69, 9.17) is 0 Å². The van der Waals surface area contributed by atoms with Crippen LogP contribution in [0.4, 0.5) is 4.39 Å². The van der Waals surface area contributed by atoms with Gasteiger partial charge in [0.15, 0.2) is 0 Å². The maximum Gasteiger partial charge on any atom is 0.123 e. The highest BCUT2D eigenvalue weighted by Gasteiger charge is 2.47. The summed E-state index contributed by atoms with van der Waals surface area (Å²) < 4.78 is 13.8. The minimum Gasteiger partial charge on any atom is -0.385 e. The molecule has 2 atom stereocenters. The lowest BCUT2D eigenvalue weighted by Gasteiger charge is -2.52. The van der Waals surface area contributed by atoms with Gasteiger partial charge in [-0.25, -0.2) is 4.39 Å². The van der Waals surface area contributed by atoms with Gasteiger partial charge in [-0.15, -0.1) is 0 Å². The Morgan fingerprint density at radius 2 is 1.81 bits per heavy atom. The number of fused-ring (bicyclic) bond motifs is 2. The Bertz CT molecular complexity index is 816. The number of piperidine rings is 2. The van der Waals surface area contributed by atoms with E-state index in [1.807, 2.05) is 6.07 Å². The van der Waals surface area contributed by atoms with Crippen LogP contribution in [0.2, 0.25) is 0 Å². The summed E-state index contributed by atoms with van der Waals surface area (Å²) in [6.07, 6.45) is 4.32. The molecule has 4 rings (SSSR count). The summed E-state index contributed by atoms with van der Waals surface area (Å²) in [4.78, 5) is 2.50. The molecule has 2 aliphatic rings. The second-order valence-corrected chi connectivity index (χ2v) is 7.64. The SMILES string of the molecule is N#Cc1ccc(F)cc1C1(O)CC2CCCC(C1)N2Cc1ccccc1. The van der Waals surface area contributed by atoms with Crippen molar-refractivity contribution >= 4 is 0 Å². The van der Waals surface area contributed by atoms with Crippen LogP contribution in [0.3, 0.4) is 0 Å². The van der Waals surface area contributed by atoms with Gasteiger partial charge in [0.25, 0.3) is 0 Å². The van der Waals surface area contributed by atoms with Crippen molar-refractivity contribution < 1.29 is 9.50 Å². The Hall–Kier alpha value is -2.22. The topological polar surface area (TPSA) is 47.3 Å². The summed E-state index contributed by atoms with van der Waals surface area (Å²) in [5, 5.41) is 20.8. The van der Waals surface area contributed by atoms with Crippen LogP contribution < -0.4 is 0 Å². The van der Waals surface area contributed by atoms with Gasteiger partial charge in [0, 0.05) is 24.2 Å². The molecule has 26 heavy (non-hydrogen) atoms. The van der Waals surface area contributed by atoms with Crippen LogP contribution in [-0.2, 0) is 12.1 Å². The predicted octanol–water partition coefficient (Wildman–Crippen LogP) is 4.10. The van der Waals surface area contributed by atoms with E-state index < -0.39 is 11.4 Å². The zero-order valence-corrected chi connectivity index (χ0v) is 14.7. The molecule has 0 saturated carbocycles. The summed E-state index contributed by atoms with van der Waals surface area (Å²) in [5.74, 6) is -0.399. The van der Waals surface area contributed by atoms with E-state index in [-0.39, 0.29) is 12.1 Å². The molecule has 2 aliphatic heterocycles. The van der Waals surface area contributed by atoms with Gasteiger partial charge in [-0.3, -0.25) is 4.90 Å². The molecule has 4 heteroatoms. The minimum atomic E-state index is -1.13. The first-order valence-electron chi connectivity index (χ1n) is 9.31. The first-order valence-corrected chi connectivity index (χ1v) is 9.31. The van der Waals surface area contributed by atoms with Crippen LogP contribution in [0.1, 0.15) is 48.8 Å². The normalized spacial score (nSPS) is 28.5. The van der Waals surface area contributed by atoms with Crippen molar-refractivity contribution in [2.45, 2.75) is 56.3 Å². The minimum absolute atomic E-state index is 0.252. The molecule has 1 N–H and O–H groups in total. The molecule has 0 spiro atoms. The van der Waals surface area contributed by atoms with E-state index >= 15 is 0 Å². The molecule has 0 amide bonds. The van der Waals surface area contributed by atoms with Crippen molar-refractivity contribution in [1.29, 1.82) is 5.26 Å². The summed E-state index contributed by atoms with van der Waals surface area (Å²) in [6, 6.07) is 17.1. The van der Waals surface area contributed by atoms with E-state index in [0.29, 0.717) is 24.0 Å². The molecule has 3 nitrogen and oxygen atoms in total. The molecule has 2 saturated heterocycles. The summed E-state index contributed by atoms with van der Waals surface area (Å²) in [5.41, 5.74) is 0.980. The highest BCUT2D eigenvalue weighted by Crippen LogP contribution is 2.45. The van der Waals surface area contributed by atoms with Crippen molar-refractivity contribution in [3.8, 4) is 6.07 Å². The van der Waals surface area contributed by atoms with E-state index in [2.05, 4.69) is 35.2 Å². The zero-order chi connectivity index (χ0) is 18.1. The molecule has 2 bridgehead atoms. The van der Waals surface area contributed by atoms with Gasteiger partial charge in [-0.1, -0.05) is 36.8 Å². The van der Waals surface area contributed by atoms with Gasteiger partial charge >= 0.3 is 0 Å². The second-order valence-electron chi connectivity index (χ2n) is 7.64. The van der Waals surface area contributed by atoms with Crippen LogP contribution in [-0.4, -0.2) is 22.1 Å². The molecular weight excluding hydrogens is 327 g/mol. The summed E-state index contributed by atoms with van der Waals surface area (Å²) in [6.45, 7) is 0.876. The average molecular weight is 350 g/mol. The van der Waals surface area contributed by atoms with Crippen molar-refractivity contribution in [3.63, 3.8) is 0 Å². The fraction of sp³-hybridized carbons (Fsp3) is 0.409. The van der Waals surface area contributed by atoms with Gasteiger partial charge in [0.1, 0.15) is 5.82 Å². The lowest BCUT2D eigenvalue weighted by atomic mass is 9.71. The molecule has 0 aromatic heterocycles. The standard InChI is InChI=1S/C22H23FN2O/c23-18-10-9-17(14-24)21(11-18)22(26)12-19-7-4-8-20(13-22)25(19)15-16-5-2-1-3-6-16/h1-3,5-6,9-11,19-20,26H,4,7-8,12-13,15H2. The number of halogens is 1. The lowest BCUT2D eigenvalue weighted by Crippen LogP contribution is -2.56. The Balaban J connectivity index is 1.64. The highest BCUT2D eigenvalue weighted by atomic mass is 19.1. The van der Waals surface area contributed by atoms with E-state index in [9.17, 15) is 14.8 Å². The maximum absolute atomic E-state index is 13.8. The Kier molecular flexibility index (Phi) is 4.52. The third-order valence-corrected chi connectivity index (χ3v) is 5.97. The molecule has 0 aliphatic carbocycles. The fourth-order valence-electron chi connectivity index (χ4n) is 4.79. The number of hydrogen-bond donors (Lipinski definition) is 1. The highest BCUT2D eigenvalue weighted by molar-refractivity contribution is 5.42. The Morgan fingerprint density at radius 1 is 1.12 bits per heavy atom. The van der Waals surface area contributed by atoms with Crippen molar-refractivity contribution in [1.82, 2.24) is 4.90 Å². The first kappa shape index (κ1) is 17.2. The lowest BCUT2D eigenvalue weighted by molar-refractivity contribution is -0.100. The number of nitrogens with zero attached hydrogens (tertiary/aromatic N) is 2. The largest absolute Gasteiger partial charge is 0.385 e. The number of rotatable bonds is 3. The smallest absolute Gasteiger partial charge is 0.123 e. The predicted molar refractivity (Wildman–Crippen MR) is 97.7 cm³/mol. The van der Waals surface area contributed by atoms with E-state index in [1.165, 1.54) is 23.8 Å². The molecule has 2 heterocycles. The van der Waals surface area contributed by atoms with Gasteiger partial charge in [-0.05, 0) is 49.4 Å². The number of aliphatic hydroxyl groups is 1. The number of nitriles is 1. The van der Waals surface area contributed by atoms with Crippen molar-refractivity contribution in [2.75, 3.05) is 0 Å². The van der Waals surface area contributed by atoms with Gasteiger partial charge in [-0.2, -0.15) is 5.26 Å². The fourth-order valence-corrected chi connectivity index (χ4v) is 4.79. The van der Waals surface area contributed by atoms with Gasteiger partial charge < -0.3 is 5.11 Å². The molecule has 134 valence electrons. The third kappa shape index (κ3) is 3.13. The quantitative estimate of drug-likeness (QED) is 0.906. The molecule has 0 radical (unpaired) electrons. The zero-order valence-electron chi connectivity index (χ0n) is 14.7. The number of benzene rings is 2. The van der Waals surface area contributed by atoms with Gasteiger partial charge in [0.2, 0.25) is 0 Å². The monoisotopic (exact) mass is 350 g/mol. The van der Waals surface area contributed by atoms with E-state index in [1.54, 1.807) is 0 Å². The summed E-state index contributed by atoms with van der Waals surface area (Å²) >= 11 is 0. The number of hydrogen-bond acceptors (Lipinski definition) is 3. The summed E-state index contributed by atoms with van der Waals surface area (Å²) in [7, 11) is 0. The Morgan fingerprint density at radius 3 is 2.46 bits per heavy atom. The first-order chi connectivity index (χ1) is 12.6. The van der Waals surface area contributed by atoms with Crippen LogP contribution in [0.5, 0.6) is 0 Å². The maximum atomic E-state index is 13.8. The molecule has 2 aromatic carbocycles. The van der Waals surface area contributed by atoms with Crippen LogP contribution in [0.25, 0.3) is 0 Å². The molecular formula is C22H23FN2O. The van der Waals surface area contributed by atoms with Crippen LogP contribution >= 0.6 is 0 Å². The Labute approximate surface area is 153 Å². The molecule has 2 fully saturated rings. The van der Waals surface area contributed by atoms with Crippen molar-refractivity contribution in [3.05, 3.63) is 71.0 Å². The average Bonchev–Trinajstić information content (AvgIpc) is 2.63. The van der Waals surface area contributed by atoms with Crippen LogP contribution in [0, 0.1) is 17.1 Å². The van der Waals surface area contributed by atoms with Gasteiger partial charge in [0.05, 0.1) is 17.2 Å². The second kappa shape index (κ2) is 6.83. The van der Waals surface area contributed by atoms with E-state index in [0.717, 1.165) is 25.8 Å².